The van der Waals surface area contributed by atoms with Crippen molar-refractivity contribution in [3.63, 3.8) is 0 Å². The summed E-state index contributed by atoms with van der Waals surface area (Å²) in [7, 11) is -4.65. The van der Waals surface area contributed by atoms with Crippen LogP contribution in [0.1, 0.15) is 6.85 Å². The normalized spacial score (nSPS) is 15.2. The van der Waals surface area contributed by atoms with E-state index in [-0.39, 0.29) is 23.4 Å². The Bertz CT molecular complexity index is 805. The third kappa shape index (κ3) is 3.30. The van der Waals surface area contributed by atoms with Crippen LogP contribution < -0.4 is 4.18 Å². The lowest BCUT2D eigenvalue weighted by molar-refractivity contribution is 0.387. The summed E-state index contributed by atoms with van der Waals surface area (Å²) >= 11 is 0. The molecule has 17 heavy (non-hydrogen) atoms. The third-order valence-corrected chi connectivity index (χ3v) is 2.25. The summed E-state index contributed by atoms with van der Waals surface area (Å²) in [5.41, 5.74) is 0.282. The van der Waals surface area contributed by atoms with Crippen LogP contribution in [0, 0.1) is 0 Å². The van der Waals surface area contributed by atoms with E-state index in [0.29, 0.717) is 5.56 Å². The maximum absolute atomic E-state index is 10.6. The summed E-state index contributed by atoms with van der Waals surface area (Å²) < 4.78 is 72.4. The molecule has 0 atom stereocenters. The van der Waals surface area contributed by atoms with Crippen molar-refractivity contribution in [2.75, 3.05) is 0 Å². The van der Waals surface area contributed by atoms with Gasteiger partial charge in [-0.25, -0.2) is 0 Å². The average molecular weight is 255 g/mol. The van der Waals surface area contributed by atoms with Crippen molar-refractivity contribution in [1.82, 2.24) is 0 Å². The standard InChI is InChI=1S/C12H10O4S/c13-17(14,15)16-12-8-6-11(7-9-12)10-4-2-1-3-5-10/h1-9H,(H,13,14,15)/i1D,2D,3D,4D,5D. The van der Waals surface area contributed by atoms with Gasteiger partial charge < -0.3 is 4.18 Å². The molecule has 0 aliphatic carbocycles. The van der Waals surface area contributed by atoms with Gasteiger partial charge in [-0.2, -0.15) is 8.42 Å². The monoisotopic (exact) mass is 255 g/mol. The Hall–Kier alpha value is -1.85. The van der Waals surface area contributed by atoms with Gasteiger partial charge in [-0.1, -0.05) is 42.3 Å². The fourth-order valence-corrected chi connectivity index (χ4v) is 1.55. The second-order valence-electron chi connectivity index (χ2n) is 3.04. The molecule has 0 aliphatic heterocycles. The molecule has 0 saturated heterocycles. The van der Waals surface area contributed by atoms with Crippen molar-refractivity contribution in [2.45, 2.75) is 0 Å². The molecule has 0 fully saturated rings. The first kappa shape index (κ1) is 6.78. The van der Waals surface area contributed by atoms with E-state index in [2.05, 4.69) is 4.18 Å². The number of benzene rings is 2. The molecule has 0 radical (unpaired) electrons. The highest BCUT2D eigenvalue weighted by atomic mass is 32.3. The van der Waals surface area contributed by atoms with Crippen molar-refractivity contribution in [3.8, 4) is 16.9 Å². The van der Waals surface area contributed by atoms with Gasteiger partial charge in [0.2, 0.25) is 0 Å². The molecule has 4 nitrogen and oxygen atoms in total. The zero-order chi connectivity index (χ0) is 16.7. The first-order valence-corrected chi connectivity index (χ1v) is 5.82. The van der Waals surface area contributed by atoms with Gasteiger partial charge >= 0.3 is 10.4 Å². The SMILES string of the molecule is [2H]c1c([2H])c([2H])c(-c2ccc(OS(=O)(=O)O)cc2)c([2H])c1[2H]. The van der Waals surface area contributed by atoms with E-state index in [1.54, 1.807) is 0 Å². The summed E-state index contributed by atoms with van der Waals surface area (Å²) in [6.45, 7) is 0. The maximum Gasteiger partial charge on any atom is 0.446 e. The number of rotatable bonds is 3. The Morgan fingerprint density at radius 3 is 2.12 bits per heavy atom. The van der Waals surface area contributed by atoms with E-state index in [1.807, 2.05) is 0 Å². The van der Waals surface area contributed by atoms with Crippen molar-refractivity contribution in [3.05, 3.63) is 54.5 Å². The minimum absolute atomic E-state index is 0.00981. The Kier molecular flexibility index (Phi) is 1.82. The second-order valence-corrected chi connectivity index (χ2v) is 4.06. The first-order valence-electron chi connectivity index (χ1n) is 6.96. The van der Waals surface area contributed by atoms with E-state index in [1.165, 1.54) is 24.3 Å². The minimum atomic E-state index is -4.65. The van der Waals surface area contributed by atoms with Crippen LogP contribution in [0.3, 0.4) is 0 Å². The van der Waals surface area contributed by atoms with Crippen LogP contribution in [0.5, 0.6) is 5.75 Å². The average Bonchev–Trinajstić information content (AvgIpc) is 2.43. The molecule has 0 amide bonds. The Morgan fingerprint density at radius 1 is 1.00 bits per heavy atom. The van der Waals surface area contributed by atoms with Gasteiger partial charge in [-0.3, -0.25) is 4.55 Å². The molecular formula is C12H10O4S. The lowest BCUT2D eigenvalue weighted by Gasteiger charge is -2.03. The van der Waals surface area contributed by atoms with Gasteiger partial charge in [-0.05, 0) is 23.3 Å². The first-order chi connectivity index (χ1) is 10.1. The second kappa shape index (κ2) is 4.57. The fourth-order valence-electron chi connectivity index (χ4n) is 1.19. The van der Waals surface area contributed by atoms with E-state index in [9.17, 15) is 8.42 Å². The summed E-state index contributed by atoms with van der Waals surface area (Å²) in [4.78, 5) is 0. The maximum atomic E-state index is 10.6. The van der Waals surface area contributed by atoms with Crippen LogP contribution in [-0.4, -0.2) is 13.0 Å². The predicted octanol–water partition coefficient (Wildman–Crippen LogP) is 2.54. The van der Waals surface area contributed by atoms with Gasteiger partial charge in [0, 0.05) is 0 Å². The zero-order valence-electron chi connectivity index (χ0n) is 13.4. The van der Waals surface area contributed by atoms with Crippen molar-refractivity contribution in [2.24, 2.45) is 0 Å². The molecule has 0 aromatic heterocycles. The molecule has 5 heteroatoms. The van der Waals surface area contributed by atoms with Gasteiger partial charge in [0.15, 0.2) is 0 Å². The van der Waals surface area contributed by atoms with Crippen LogP contribution in [0.4, 0.5) is 0 Å². The lowest BCUT2D eigenvalue weighted by atomic mass is 10.1. The molecule has 0 unspecified atom stereocenters. The lowest BCUT2D eigenvalue weighted by Crippen LogP contribution is -2.06. The minimum Gasteiger partial charge on any atom is -0.362 e. The molecular weight excluding hydrogens is 240 g/mol. The van der Waals surface area contributed by atoms with Gasteiger partial charge in [-0.15, -0.1) is 0 Å². The molecule has 2 aromatic carbocycles. The quantitative estimate of drug-likeness (QED) is 0.856. The molecule has 0 spiro atoms. The summed E-state index contributed by atoms with van der Waals surface area (Å²) in [6, 6.07) is 2.90. The van der Waals surface area contributed by atoms with Crippen molar-refractivity contribution < 1.29 is 24.0 Å². The third-order valence-electron chi connectivity index (χ3n) is 1.84. The fraction of sp³-hybridized carbons (Fsp3) is 0. The molecule has 0 heterocycles. The van der Waals surface area contributed by atoms with Crippen LogP contribution in [0.2, 0.25) is 0 Å². The predicted molar refractivity (Wildman–Crippen MR) is 64.1 cm³/mol. The topological polar surface area (TPSA) is 63.6 Å². The molecule has 88 valence electrons. The van der Waals surface area contributed by atoms with E-state index >= 15 is 0 Å². The highest BCUT2D eigenvalue weighted by Crippen LogP contribution is 2.22. The summed E-state index contributed by atoms with van der Waals surface area (Å²) in [6.07, 6.45) is 0. The molecule has 2 aromatic rings. The summed E-state index contributed by atoms with van der Waals surface area (Å²) in [5.74, 6) is -0.168. The van der Waals surface area contributed by atoms with E-state index in [0.717, 1.165) is 0 Å². The van der Waals surface area contributed by atoms with Crippen molar-refractivity contribution >= 4 is 10.4 Å². The van der Waals surface area contributed by atoms with Gasteiger partial charge in [0.05, 0.1) is 6.85 Å². The van der Waals surface area contributed by atoms with Crippen LogP contribution in [0.15, 0.2) is 54.5 Å². The van der Waals surface area contributed by atoms with Gasteiger partial charge in [0.1, 0.15) is 5.75 Å². The number of hydrogen-bond donors (Lipinski definition) is 1. The van der Waals surface area contributed by atoms with Crippen LogP contribution in [-0.2, 0) is 10.4 Å². The van der Waals surface area contributed by atoms with Crippen LogP contribution in [0.25, 0.3) is 11.1 Å². The Balaban J connectivity index is 2.54. The smallest absolute Gasteiger partial charge is 0.362 e. The van der Waals surface area contributed by atoms with Gasteiger partial charge in [0.25, 0.3) is 0 Å². The molecule has 0 bridgehead atoms. The molecule has 0 saturated carbocycles. The highest BCUT2D eigenvalue weighted by Gasteiger charge is 2.06. The molecule has 2 rings (SSSR count). The van der Waals surface area contributed by atoms with Crippen LogP contribution >= 0.6 is 0 Å². The van der Waals surface area contributed by atoms with E-state index < -0.39 is 28.5 Å². The zero-order valence-corrected chi connectivity index (χ0v) is 9.21. The molecule has 0 aliphatic rings. The van der Waals surface area contributed by atoms with Crippen molar-refractivity contribution in [1.29, 1.82) is 0 Å². The summed E-state index contributed by atoms with van der Waals surface area (Å²) in [5, 5.41) is 0. The Morgan fingerprint density at radius 2 is 1.59 bits per heavy atom. The largest absolute Gasteiger partial charge is 0.446 e. The Labute approximate surface area is 106 Å². The van der Waals surface area contributed by atoms with E-state index in [4.69, 9.17) is 11.4 Å². The molecule has 1 N–H and O–H groups in total. The number of hydrogen-bond acceptors (Lipinski definition) is 3. The highest BCUT2D eigenvalue weighted by molar-refractivity contribution is 7.81.